The summed E-state index contributed by atoms with van der Waals surface area (Å²) in [7, 11) is 1.43. The summed E-state index contributed by atoms with van der Waals surface area (Å²) in [5.41, 5.74) is 7.65. The van der Waals surface area contributed by atoms with Crippen LogP contribution >= 0.6 is 23.2 Å². The van der Waals surface area contributed by atoms with Gasteiger partial charge < -0.3 is 0 Å². The molecule has 0 atom stereocenters. The molecule has 4 nitrogen and oxygen atoms in total. The number of allylic oxidation sites excluding steroid dienone is 1. The van der Waals surface area contributed by atoms with Gasteiger partial charge in [-0.25, -0.2) is 10.5 Å². The van der Waals surface area contributed by atoms with Gasteiger partial charge in [0.05, 0.1) is 33.9 Å². The van der Waals surface area contributed by atoms with Crippen LogP contribution in [0.5, 0.6) is 0 Å². The lowest BCUT2D eigenvalue weighted by molar-refractivity contribution is 0.0538. The minimum absolute atomic E-state index is 0.261. The zero-order valence-electron chi connectivity index (χ0n) is 14.6. The number of carbonyl (C=O) groups excluding carboxylic acids is 1. The van der Waals surface area contributed by atoms with Crippen molar-refractivity contribution >= 4 is 51.7 Å². The van der Waals surface area contributed by atoms with Gasteiger partial charge in [0, 0.05) is 5.39 Å². The van der Waals surface area contributed by atoms with Crippen LogP contribution in [0.2, 0.25) is 10.0 Å². The number of fused-ring (bicyclic) bond motifs is 2. The van der Waals surface area contributed by atoms with Crippen molar-refractivity contribution in [2.45, 2.75) is 12.8 Å². The molecule has 2 aromatic carbocycles. The van der Waals surface area contributed by atoms with Crippen LogP contribution in [-0.2, 0) is 11.3 Å². The van der Waals surface area contributed by atoms with E-state index in [1.54, 1.807) is 6.07 Å². The fourth-order valence-electron chi connectivity index (χ4n) is 3.49. The number of nitrogens with one attached hydrogen (secondary N) is 1. The minimum atomic E-state index is -0.261. The Morgan fingerprint density at radius 3 is 2.74 bits per heavy atom. The van der Waals surface area contributed by atoms with E-state index in [1.165, 1.54) is 7.11 Å². The van der Waals surface area contributed by atoms with Gasteiger partial charge in [-0.3, -0.25) is 9.63 Å². The number of aromatic nitrogens is 1. The second-order valence-corrected chi connectivity index (χ2v) is 7.12. The van der Waals surface area contributed by atoms with Crippen LogP contribution in [0, 0.1) is 0 Å². The van der Waals surface area contributed by atoms with Gasteiger partial charge in [0.2, 0.25) is 0 Å². The van der Waals surface area contributed by atoms with Crippen LogP contribution in [0.15, 0.2) is 42.5 Å². The van der Waals surface area contributed by atoms with E-state index in [-0.39, 0.29) is 5.91 Å². The van der Waals surface area contributed by atoms with Gasteiger partial charge in [-0.15, -0.1) is 0 Å². The first-order chi connectivity index (χ1) is 13.1. The van der Waals surface area contributed by atoms with E-state index in [9.17, 15) is 4.79 Å². The number of amides is 1. The van der Waals surface area contributed by atoms with Gasteiger partial charge in [-0.05, 0) is 53.8 Å². The number of hydrogen-bond donors (Lipinski definition) is 1. The van der Waals surface area contributed by atoms with E-state index in [2.05, 4.69) is 5.48 Å². The zero-order chi connectivity index (χ0) is 19.0. The van der Waals surface area contributed by atoms with Crippen molar-refractivity contribution in [2.75, 3.05) is 7.11 Å². The minimum Gasteiger partial charge on any atom is -0.277 e. The van der Waals surface area contributed by atoms with Crippen LogP contribution in [0.1, 0.15) is 33.6 Å². The van der Waals surface area contributed by atoms with Gasteiger partial charge in [0.25, 0.3) is 5.91 Å². The summed E-state index contributed by atoms with van der Waals surface area (Å²) in [6.45, 7) is 0. The predicted octanol–water partition coefficient (Wildman–Crippen LogP) is 5.32. The van der Waals surface area contributed by atoms with Crippen LogP contribution in [-0.4, -0.2) is 18.0 Å². The Morgan fingerprint density at radius 2 is 1.96 bits per heavy atom. The molecule has 0 spiro atoms. The number of hydroxylamine groups is 1. The Kier molecular flexibility index (Phi) is 4.87. The number of rotatable bonds is 3. The molecule has 27 heavy (non-hydrogen) atoms. The molecule has 4 rings (SSSR count). The third-order valence-electron chi connectivity index (χ3n) is 4.65. The summed E-state index contributed by atoms with van der Waals surface area (Å²) < 4.78 is 0. The Bertz CT molecular complexity index is 1090. The summed E-state index contributed by atoms with van der Waals surface area (Å²) in [5, 5.41) is 1.85. The molecular formula is C21H16Cl2N2O2. The van der Waals surface area contributed by atoms with Crippen molar-refractivity contribution in [3.63, 3.8) is 0 Å². The van der Waals surface area contributed by atoms with Crippen LogP contribution < -0.4 is 5.48 Å². The highest BCUT2D eigenvalue weighted by atomic mass is 35.5. The lowest BCUT2D eigenvalue weighted by Gasteiger charge is -2.12. The molecule has 1 amide bonds. The molecule has 0 bridgehead atoms. The summed E-state index contributed by atoms with van der Waals surface area (Å²) >= 11 is 12.1. The molecule has 0 saturated carbocycles. The fraction of sp³-hybridized carbons (Fsp3) is 0.143. The lowest BCUT2D eigenvalue weighted by atomic mass is 10.00. The highest BCUT2D eigenvalue weighted by Crippen LogP contribution is 2.38. The SMILES string of the molecule is CONC(=O)c1c2c(nc3ccccc13)C(=Cc1ccc(Cl)c(Cl)c1)CC2. The van der Waals surface area contributed by atoms with E-state index in [0.29, 0.717) is 15.6 Å². The number of hydrogen-bond acceptors (Lipinski definition) is 3. The Labute approximate surface area is 166 Å². The van der Waals surface area contributed by atoms with Gasteiger partial charge in [0.15, 0.2) is 0 Å². The van der Waals surface area contributed by atoms with E-state index in [1.807, 2.05) is 42.5 Å². The molecule has 6 heteroatoms. The topological polar surface area (TPSA) is 51.2 Å². The smallest absolute Gasteiger partial charge is 0.275 e. The molecule has 0 aliphatic heterocycles. The van der Waals surface area contributed by atoms with Crippen molar-refractivity contribution in [3.05, 3.63) is 74.9 Å². The maximum absolute atomic E-state index is 12.7. The molecule has 1 N–H and O–H groups in total. The molecule has 1 heterocycles. The third-order valence-corrected chi connectivity index (χ3v) is 5.39. The average Bonchev–Trinajstić information content (AvgIpc) is 3.05. The Morgan fingerprint density at radius 1 is 1.15 bits per heavy atom. The van der Waals surface area contributed by atoms with Gasteiger partial charge in [-0.1, -0.05) is 47.5 Å². The van der Waals surface area contributed by atoms with Crippen molar-refractivity contribution < 1.29 is 9.63 Å². The molecule has 0 fully saturated rings. The van der Waals surface area contributed by atoms with Gasteiger partial charge in [0.1, 0.15) is 0 Å². The number of halogens is 2. The summed E-state index contributed by atoms with van der Waals surface area (Å²) in [5.74, 6) is -0.261. The highest BCUT2D eigenvalue weighted by Gasteiger charge is 2.26. The molecule has 0 saturated heterocycles. The summed E-state index contributed by atoms with van der Waals surface area (Å²) in [4.78, 5) is 22.3. The Balaban J connectivity index is 1.89. The van der Waals surface area contributed by atoms with E-state index in [4.69, 9.17) is 33.0 Å². The second kappa shape index (κ2) is 7.31. The van der Waals surface area contributed by atoms with E-state index >= 15 is 0 Å². The van der Waals surface area contributed by atoms with Crippen molar-refractivity contribution in [3.8, 4) is 0 Å². The molecule has 1 aromatic heterocycles. The first kappa shape index (κ1) is 18.0. The fourth-order valence-corrected chi connectivity index (χ4v) is 3.79. The number of benzene rings is 2. The molecule has 0 unspecified atom stereocenters. The molecule has 3 aromatic rings. The number of nitrogens with zero attached hydrogens (tertiary/aromatic N) is 1. The molecule has 1 aliphatic carbocycles. The maximum Gasteiger partial charge on any atom is 0.275 e. The monoisotopic (exact) mass is 398 g/mol. The molecule has 136 valence electrons. The van der Waals surface area contributed by atoms with Crippen LogP contribution in [0.3, 0.4) is 0 Å². The number of pyridine rings is 1. The summed E-state index contributed by atoms with van der Waals surface area (Å²) in [6, 6.07) is 13.2. The second-order valence-electron chi connectivity index (χ2n) is 6.31. The van der Waals surface area contributed by atoms with Crippen LogP contribution in [0.4, 0.5) is 0 Å². The standard InChI is InChI=1S/C21H16Cl2N2O2/c1-27-25-21(26)19-14-4-2-3-5-18(14)24-20-13(7-8-15(19)20)10-12-6-9-16(22)17(23)11-12/h2-6,9-11H,7-8H2,1H3,(H,25,26). The Hall–Kier alpha value is -2.40. The highest BCUT2D eigenvalue weighted by molar-refractivity contribution is 6.42. The molecule has 1 aliphatic rings. The maximum atomic E-state index is 12.7. The van der Waals surface area contributed by atoms with Gasteiger partial charge >= 0.3 is 0 Å². The predicted molar refractivity (Wildman–Crippen MR) is 109 cm³/mol. The number of carbonyl (C=O) groups is 1. The zero-order valence-corrected chi connectivity index (χ0v) is 16.1. The lowest BCUT2D eigenvalue weighted by Crippen LogP contribution is -2.23. The van der Waals surface area contributed by atoms with E-state index < -0.39 is 0 Å². The van der Waals surface area contributed by atoms with Crippen molar-refractivity contribution in [2.24, 2.45) is 0 Å². The summed E-state index contributed by atoms with van der Waals surface area (Å²) in [6.07, 6.45) is 3.59. The quantitative estimate of drug-likeness (QED) is 0.607. The average molecular weight is 399 g/mol. The van der Waals surface area contributed by atoms with Crippen molar-refractivity contribution in [1.29, 1.82) is 0 Å². The van der Waals surface area contributed by atoms with Crippen molar-refractivity contribution in [1.82, 2.24) is 10.5 Å². The first-order valence-electron chi connectivity index (χ1n) is 8.49. The molecular weight excluding hydrogens is 383 g/mol. The van der Waals surface area contributed by atoms with Gasteiger partial charge in [-0.2, -0.15) is 0 Å². The van der Waals surface area contributed by atoms with E-state index in [0.717, 1.165) is 46.1 Å². The molecule has 0 radical (unpaired) electrons. The normalized spacial score (nSPS) is 14.6. The number of para-hydroxylation sites is 1. The third kappa shape index (κ3) is 3.32. The van der Waals surface area contributed by atoms with Crippen LogP contribution in [0.25, 0.3) is 22.6 Å². The first-order valence-corrected chi connectivity index (χ1v) is 9.25. The largest absolute Gasteiger partial charge is 0.277 e.